The summed E-state index contributed by atoms with van der Waals surface area (Å²) in [7, 11) is 0. The zero-order valence-electron chi connectivity index (χ0n) is 11.7. The van der Waals surface area contributed by atoms with E-state index in [2.05, 4.69) is 22.8 Å². The fraction of sp³-hybridized carbons (Fsp3) is 0.625. The fourth-order valence-corrected chi connectivity index (χ4v) is 3.67. The van der Waals surface area contributed by atoms with Crippen LogP contribution in [0, 0.1) is 5.92 Å². The normalized spacial score (nSPS) is 33.7. The highest BCUT2D eigenvalue weighted by molar-refractivity contribution is 6.30. The van der Waals surface area contributed by atoms with Gasteiger partial charge in [-0.2, -0.15) is 0 Å². The average Bonchev–Trinajstić information content (AvgIpc) is 3.06. The van der Waals surface area contributed by atoms with Crippen molar-refractivity contribution in [3.63, 3.8) is 0 Å². The molecule has 2 aliphatic rings. The molecule has 1 saturated heterocycles. The summed E-state index contributed by atoms with van der Waals surface area (Å²) >= 11 is 5.97. The maximum atomic E-state index is 9.86. The molecule has 0 amide bonds. The van der Waals surface area contributed by atoms with Crippen LogP contribution in [0.1, 0.15) is 30.7 Å². The Morgan fingerprint density at radius 2 is 2.00 bits per heavy atom. The van der Waals surface area contributed by atoms with E-state index in [4.69, 9.17) is 11.6 Å². The van der Waals surface area contributed by atoms with Crippen LogP contribution in [0.3, 0.4) is 0 Å². The molecule has 0 spiro atoms. The van der Waals surface area contributed by atoms with E-state index < -0.39 is 0 Å². The minimum atomic E-state index is -0.196. The third-order valence-corrected chi connectivity index (χ3v) is 5.01. The van der Waals surface area contributed by atoms with Crippen molar-refractivity contribution in [3.05, 3.63) is 34.9 Å². The molecule has 3 N–H and O–H groups in total. The smallest absolute Gasteiger partial charge is 0.0716 e. The number of β-amino-alcohol motifs (C(OH)–C–C–N with tert-alkyl or cyclic N) is 1. The third kappa shape index (κ3) is 3.17. The molecule has 0 aromatic heterocycles. The van der Waals surface area contributed by atoms with Crippen LogP contribution in [0.2, 0.25) is 5.02 Å². The Labute approximate surface area is 125 Å². The lowest BCUT2D eigenvalue weighted by molar-refractivity contribution is 0.144. The minimum absolute atomic E-state index is 0.196. The van der Waals surface area contributed by atoms with E-state index in [0.717, 1.165) is 24.7 Å². The number of hydrogen-bond acceptors (Lipinski definition) is 3. The second kappa shape index (κ2) is 6.44. The molecule has 1 saturated carbocycles. The number of nitrogens with one attached hydrogen (secondary N) is 2. The molecular weight excluding hydrogens is 272 g/mol. The summed E-state index contributed by atoms with van der Waals surface area (Å²) in [5.41, 5.74) is 1.38. The SMILES string of the molecule is OC1CNCC1CNC1CCCC1c1ccc(Cl)cc1. The Hall–Kier alpha value is -0.610. The van der Waals surface area contributed by atoms with E-state index in [1.165, 1.54) is 24.8 Å². The van der Waals surface area contributed by atoms with Crippen LogP contribution in [0.5, 0.6) is 0 Å². The Morgan fingerprint density at radius 3 is 2.70 bits per heavy atom. The molecule has 1 aliphatic carbocycles. The first-order chi connectivity index (χ1) is 9.74. The van der Waals surface area contributed by atoms with Crippen molar-refractivity contribution in [1.29, 1.82) is 0 Å². The van der Waals surface area contributed by atoms with Crippen LogP contribution >= 0.6 is 11.6 Å². The van der Waals surface area contributed by atoms with Gasteiger partial charge in [-0.15, -0.1) is 0 Å². The summed E-state index contributed by atoms with van der Waals surface area (Å²) in [5, 5.41) is 17.6. The zero-order chi connectivity index (χ0) is 13.9. The van der Waals surface area contributed by atoms with E-state index in [-0.39, 0.29) is 6.10 Å². The van der Waals surface area contributed by atoms with Crippen LogP contribution in [-0.4, -0.2) is 36.9 Å². The van der Waals surface area contributed by atoms with Gasteiger partial charge in [0.25, 0.3) is 0 Å². The average molecular weight is 295 g/mol. The molecule has 1 heterocycles. The van der Waals surface area contributed by atoms with Gasteiger partial charge in [-0.1, -0.05) is 30.2 Å². The predicted molar refractivity (Wildman–Crippen MR) is 82.2 cm³/mol. The van der Waals surface area contributed by atoms with Gasteiger partial charge in [0.05, 0.1) is 6.10 Å². The molecule has 20 heavy (non-hydrogen) atoms. The molecule has 0 radical (unpaired) electrons. The monoisotopic (exact) mass is 294 g/mol. The van der Waals surface area contributed by atoms with Gasteiger partial charge in [-0.25, -0.2) is 0 Å². The molecule has 110 valence electrons. The standard InChI is InChI=1S/C16H23ClN2O/c17-13-6-4-11(5-7-13)14-2-1-3-15(14)19-9-12-8-18-10-16(12)20/h4-7,12,14-16,18-20H,1-3,8-10H2. The highest BCUT2D eigenvalue weighted by Gasteiger charge is 2.31. The molecule has 3 rings (SSSR count). The highest BCUT2D eigenvalue weighted by Crippen LogP contribution is 2.35. The fourth-order valence-electron chi connectivity index (χ4n) is 3.54. The highest BCUT2D eigenvalue weighted by atomic mass is 35.5. The Morgan fingerprint density at radius 1 is 1.20 bits per heavy atom. The first-order valence-corrected chi connectivity index (χ1v) is 7.99. The van der Waals surface area contributed by atoms with Gasteiger partial charge >= 0.3 is 0 Å². The molecule has 2 fully saturated rings. The van der Waals surface area contributed by atoms with Crippen LogP contribution in [0.25, 0.3) is 0 Å². The first kappa shape index (κ1) is 14.3. The molecule has 1 aliphatic heterocycles. The van der Waals surface area contributed by atoms with Gasteiger partial charge < -0.3 is 15.7 Å². The summed E-state index contributed by atoms with van der Waals surface area (Å²) in [6.07, 6.45) is 3.54. The van der Waals surface area contributed by atoms with Gasteiger partial charge in [-0.3, -0.25) is 0 Å². The summed E-state index contributed by atoms with van der Waals surface area (Å²) in [5.74, 6) is 0.931. The third-order valence-electron chi connectivity index (χ3n) is 4.76. The van der Waals surface area contributed by atoms with Crippen LogP contribution in [0.15, 0.2) is 24.3 Å². The molecule has 3 nitrogen and oxygen atoms in total. The number of aliphatic hydroxyl groups excluding tert-OH is 1. The van der Waals surface area contributed by atoms with E-state index in [0.29, 0.717) is 17.9 Å². The summed E-state index contributed by atoms with van der Waals surface area (Å²) in [6.45, 7) is 2.56. The molecule has 1 aromatic rings. The second-order valence-electron chi connectivity index (χ2n) is 6.09. The van der Waals surface area contributed by atoms with Crippen LogP contribution < -0.4 is 10.6 Å². The lowest BCUT2D eigenvalue weighted by Gasteiger charge is -2.24. The first-order valence-electron chi connectivity index (χ1n) is 7.61. The minimum Gasteiger partial charge on any atom is -0.391 e. The quantitative estimate of drug-likeness (QED) is 0.797. The molecule has 4 heteroatoms. The lowest BCUT2D eigenvalue weighted by atomic mass is 9.93. The molecule has 4 atom stereocenters. The summed E-state index contributed by atoms with van der Waals surface area (Å²) in [6, 6.07) is 8.80. The molecular formula is C16H23ClN2O. The summed E-state index contributed by atoms with van der Waals surface area (Å²) < 4.78 is 0. The number of halogens is 1. The van der Waals surface area contributed by atoms with Gasteiger partial charge in [0.1, 0.15) is 0 Å². The summed E-state index contributed by atoms with van der Waals surface area (Å²) in [4.78, 5) is 0. The number of benzene rings is 1. The number of rotatable bonds is 4. The van der Waals surface area contributed by atoms with Crippen molar-refractivity contribution in [2.24, 2.45) is 5.92 Å². The largest absolute Gasteiger partial charge is 0.391 e. The Bertz CT molecular complexity index is 437. The number of hydrogen-bond donors (Lipinski definition) is 3. The van der Waals surface area contributed by atoms with Gasteiger partial charge in [-0.05, 0) is 36.5 Å². The maximum absolute atomic E-state index is 9.86. The molecule has 4 unspecified atom stereocenters. The Kier molecular flexibility index (Phi) is 4.61. The van der Waals surface area contributed by atoms with Crippen molar-refractivity contribution in [2.45, 2.75) is 37.3 Å². The van der Waals surface area contributed by atoms with Crippen molar-refractivity contribution < 1.29 is 5.11 Å². The molecule has 1 aromatic carbocycles. The Balaban J connectivity index is 1.59. The van der Waals surface area contributed by atoms with Gasteiger partial charge in [0.2, 0.25) is 0 Å². The van der Waals surface area contributed by atoms with E-state index in [1.54, 1.807) is 0 Å². The number of aliphatic hydroxyl groups is 1. The van der Waals surface area contributed by atoms with E-state index in [9.17, 15) is 5.11 Å². The van der Waals surface area contributed by atoms with Crippen LogP contribution in [0.4, 0.5) is 0 Å². The lowest BCUT2D eigenvalue weighted by Crippen LogP contribution is -2.38. The maximum Gasteiger partial charge on any atom is 0.0716 e. The second-order valence-corrected chi connectivity index (χ2v) is 6.53. The van der Waals surface area contributed by atoms with Crippen molar-refractivity contribution >= 4 is 11.6 Å². The molecule has 0 bridgehead atoms. The van der Waals surface area contributed by atoms with Crippen molar-refractivity contribution in [2.75, 3.05) is 19.6 Å². The van der Waals surface area contributed by atoms with Gasteiger partial charge in [0, 0.05) is 36.6 Å². The van der Waals surface area contributed by atoms with Crippen LogP contribution in [-0.2, 0) is 0 Å². The predicted octanol–water partition coefficient (Wildman–Crippen LogP) is 2.15. The van der Waals surface area contributed by atoms with E-state index in [1.807, 2.05) is 12.1 Å². The van der Waals surface area contributed by atoms with Gasteiger partial charge in [0.15, 0.2) is 0 Å². The zero-order valence-corrected chi connectivity index (χ0v) is 12.4. The topological polar surface area (TPSA) is 44.3 Å². The van der Waals surface area contributed by atoms with E-state index >= 15 is 0 Å². The van der Waals surface area contributed by atoms with Crippen molar-refractivity contribution in [1.82, 2.24) is 10.6 Å². The van der Waals surface area contributed by atoms with Crippen molar-refractivity contribution in [3.8, 4) is 0 Å².